The standard InChI is InChI=1S/C11H8F2N4OS/c12-6-1-2-7(13)8(5-6)19-11-9(10(14)17-18)15-3-4-16-11/h1-5,18H,(H2,14,17). The number of aromatic nitrogens is 2. The number of halogens is 2. The van der Waals surface area contributed by atoms with Crippen LogP contribution in [0.5, 0.6) is 0 Å². The molecule has 0 saturated heterocycles. The van der Waals surface area contributed by atoms with Crippen molar-refractivity contribution < 1.29 is 14.0 Å². The van der Waals surface area contributed by atoms with Crippen LogP contribution in [0.3, 0.4) is 0 Å². The third-order valence-electron chi connectivity index (χ3n) is 2.11. The first-order valence-corrected chi connectivity index (χ1v) is 5.85. The van der Waals surface area contributed by atoms with Gasteiger partial charge in [-0.2, -0.15) is 0 Å². The van der Waals surface area contributed by atoms with Crippen molar-refractivity contribution in [3.8, 4) is 0 Å². The van der Waals surface area contributed by atoms with Crippen molar-refractivity contribution in [3.05, 3.63) is 47.9 Å². The second kappa shape index (κ2) is 5.61. The summed E-state index contributed by atoms with van der Waals surface area (Å²) in [4.78, 5) is 7.87. The van der Waals surface area contributed by atoms with Gasteiger partial charge in [0.2, 0.25) is 0 Å². The van der Waals surface area contributed by atoms with Gasteiger partial charge in [-0.05, 0) is 18.2 Å². The largest absolute Gasteiger partial charge is 0.409 e. The average molecular weight is 282 g/mol. The normalized spacial score (nSPS) is 11.6. The highest BCUT2D eigenvalue weighted by Crippen LogP contribution is 2.30. The molecule has 19 heavy (non-hydrogen) atoms. The Balaban J connectivity index is 2.41. The lowest BCUT2D eigenvalue weighted by Crippen LogP contribution is -2.16. The summed E-state index contributed by atoms with van der Waals surface area (Å²) in [7, 11) is 0. The van der Waals surface area contributed by atoms with E-state index in [9.17, 15) is 8.78 Å². The molecule has 98 valence electrons. The molecule has 1 heterocycles. The molecule has 0 unspecified atom stereocenters. The van der Waals surface area contributed by atoms with Crippen LogP contribution in [-0.2, 0) is 0 Å². The molecular formula is C11H8F2N4OS. The first kappa shape index (κ1) is 13.2. The first-order valence-electron chi connectivity index (χ1n) is 5.03. The number of hydrogen-bond donors (Lipinski definition) is 2. The van der Waals surface area contributed by atoms with Gasteiger partial charge < -0.3 is 10.9 Å². The van der Waals surface area contributed by atoms with Crippen LogP contribution in [0.2, 0.25) is 0 Å². The Bertz CT molecular complexity index is 636. The average Bonchev–Trinajstić information content (AvgIpc) is 2.42. The number of nitrogens with zero attached hydrogens (tertiary/aromatic N) is 3. The number of oxime groups is 1. The quantitative estimate of drug-likeness (QED) is 0.389. The number of nitrogens with two attached hydrogens (primary N) is 1. The third kappa shape index (κ3) is 2.97. The molecule has 1 aromatic carbocycles. The number of benzene rings is 1. The van der Waals surface area contributed by atoms with Gasteiger partial charge in [-0.3, -0.25) is 0 Å². The molecule has 0 saturated carbocycles. The minimum Gasteiger partial charge on any atom is -0.409 e. The van der Waals surface area contributed by atoms with Gasteiger partial charge in [0, 0.05) is 12.4 Å². The van der Waals surface area contributed by atoms with Crippen molar-refractivity contribution in [1.29, 1.82) is 0 Å². The van der Waals surface area contributed by atoms with Gasteiger partial charge in [-0.1, -0.05) is 16.9 Å². The second-order valence-electron chi connectivity index (χ2n) is 3.37. The summed E-state index contributed by atoms with van der Waals surface area (Å²) < 4.78 is 26.6. The summed E-state index contributed by atoms with van der Waals surface area (Å²) in [5.41, 5.74) is 5.53. The molecule has 8 heteroatoms. The third-order valence-corrected chi connectivity index (χ3v) is 3.14. The summed E-state index contributed by atoms with van der Waals surface area (Å²) in [5.74, 6) is -1.42. The van der Waals surface area contributed by atoms with E-state index in [2.05, 4.69) is 15.1 Å². The van der Waals surface area contributed by atoms with Crippen LogP contribution < -0.4 is 5.73 Å². The van der Waals surface area contributed by atoms with Crippen molar-refractivity contribution in [2.45, 2.75) is 9.92 Å². The van der Waals surface area contributed by atoms with Gasteiger partial charge in [-0.15, -0.1) is 0 Å². The van der Waals surface area contributed by atoms with E-state index in [-0.39, 0.29) is 21.5 Å². The lowest BCUT2D eigenvalue weighted by Gasteiger charge is -2.06. The van der Waals surface area contributed by atoms with Crippen molar-refractivity contribution in [1.82, 2.24) is 9.97 Å². The summed E-state index contributed by atoms with van der Waals surface area (Å²) >= 11 is 0.838. The molecule has 0 atom stereocenters. The van der Waals surface area contributed by atoms with E-state index in [0.29, 0.717) is 0 Å². The Hall–Kier alpha value is -2.22. The van der Waals surface area contributed by atoms with E-state index in [1.54, 1.807) is 0 Å². The fourth-order valence-electron chi connectivity index (χ4n) is 1.28. The van der Waals surface area contributed by atoms with Crippen LogP contribution in [-0.4, -0.2) is 21.0 Å². The van der Waals surface area contributed by atoms with Crippen LogP contribution in [0.25, 0.3) is 0 Å². The number of rotatable bonds is 3. The molecule has 0 spiro atoms. The molecule has 0 aliphatic heterocycles. The molecule has 0 aliphatic rings. The molecule has 0 radical (unpaired) electrons. The van der Waals surface area contributed by atoms with Crippen LogP contribution in [0.1, 0.15) is 5.69 Å². The molecule has 2 aromatic rings. The molecule has 0 fully saturated rings. The zero-order valence-corrected chi connectivity index (χ0v) is 10.2. The lowest BCUT2D eigenvalue weighted by molar-refractivity contribution is 0.318. The van der Waals surface area contributed by atoms with Crippen molar-refractivity contribution >= 4 is 17.6 Å². The number of hydrogen-bond acceptors (Lipinski definition) is 5. The maximum absolute atomic E-state index is 13.5. The Labute approximate surface area is 111 Å². The zero-order chi connectivity index (χ0) is 13.8. The maximum Gasteiger partial charge on any atom is 0.191 e. The Morgan fingerprint density at radius 1 is 1.26 bits per heavy atom. The molecule has 0 amide bonds. The highest BCUT2D eigenvalue weighted by Gasteiger charge is 2.14. The minimum absolute atomic E-state index is 0.0347. The van der Waals surface area contributed by atoms with Gasteiger partial charge >= 0.3 is 0 Å². The van der Waals surface area contributed by atoms with Crippen LogP contribution in [0.4, 0.5) is 8.78 Å². The highest BCUT2D eigenvalue weighted by atomic mass is 32.2. The Kier molecular flexibility index (Phi) is 3.91. The molecular weight excluding hydrogens is 274 g/mol. The SMILES string of the molecule is NC(=NO)c1nccnc1Sc1cc(F)ccc1F. The molecule has 2 rings (SSSR count). The fourth-order valence-corrected chi connectivity index (χ4v) is 2.20. The topological polar surface area (TPSA) is 84.4 Å². The minimum atomic E-state index is -0.595. The number of amidine groups is 1. The van der Waals surface area contributed by atoms with Crippen LogP contribution >= 0.6 is 11.8 Å². The van der Waals surface area contributed by atoms with Gasteiger partial charge in [0.25, 0.3) is 0 Å². The smallest absolute Gasteiger partial charge is 0.191 e. The molecule has 5 nitrogen and oxygen atoms in total. The van der Waals surface area contributed by atoms with E-state index < -0.39 is 11.6 Å². The molecule has 0 aliphatic carbocycles. The molecule has 3 N–H and O–H groups in total. The van der Waals surface area contributed by atoms with Crippen molar-refractivity contribution in [2.75, 3.05) is 0 Å². The Morgan fingerprint density at radius 2 is 2.00 bits per heavy atom. The zero-order valence-electron chi connectivity index (χ0n) is 9.42. The fraction of sp³-hybridized carbons (Fsp3) is 0. The maximum atomic E-state index is 13.5. The van der Waals surface area contributed by atoms with E-state index in [1.165, 1.54) is 12.4 Å². The van der Waals surface area contributed by atoms with Gasteiger partial charge in [0.15, 0.2) is 5.84 Å². The molecule has 0 bridgehead atoms. The monoisotopic (exact) mass is 282 g/mol. The van der Waals surface area contributed by atoms with E-state index in [4.69, 9.17) is 10.9 Å². The van der Waals surface area contributed by atoms with Crippen LogP contribution in [0.15, 0.2) is 45.7 Å². The van der Waals surface area contributed by atoms with Gasteiger partial charge in [-0.25, -0.2) is 18.7 Å². The summed E-state index contributed by atoms with van der Waals surface area (Å²) in [6.45, 7) is 0. The van der Waals surface area contributed by atoms with Gasteiger partial charge in [0.1, 0.15) is 22.4 Å². The van der Waals surface area contributed by atoms with Gasteiger partial charge in [0.05, 0.1) is 4.90 Å². The summed E-state index contributed by atoms with van der Waals surface area (Å²) in [5, 5.41) is 11.7. The lowest BCUT2D eigenvalue weighted by atomic mass is 10.3. The molecule has 1 aromatic heterocycles. The van der Waals surface area contributed by atoms with Crippen molar-refractivity contribution in [3.63, 3.8) is 0 Å². The van der Waals surface area contributed by atoms with Crippen molar-refractivity contribution in [2.24, 2.45) is 10.9 Å². The Morgan fingerprint density at radius 3 is 2.74 bits per heavy atom. The first-order chi connectivity index (χ1) is 9.11. The second-order valence-corrected chi connectivity index (χ2v) is 4.40. The predicted molar refractivity (Wildman–Crippen MR) is 65.0 cm³/mol. The van der Waals surface area contributed by atoms with E-state index >= 15 is 0 Å². The summed E-state index contributed by atoms with van der Waals surface area (Å²) in [6.07, 6.45) is 2.72. The van der Waals surface area contributed by atoms with E-state index in [0.717, 1.165) is 30.0 Å². The van der Waals surface area contributed by atoms with E-state index in [1.807, 2.05) is 0 Å². The summed E-state index contributed by atoms with van der Waals surface area (Å²) in [6, 6.07) is 3.06. The highest BCUT2D eigenvalue weighted by molar-refractivity contribution is 7.99. The van der Waals surface area contributed by atoms with Crippen LogP contribution in [0, 0.1) is 11.6 Å². The predicted octanol–water partition coefficient (Wildman–Crippen LogP) is 2.00.